The smallest absolute Gasteiger partial charge is 0.271 e. The van der Waals surface area contributed by atoms with Crippen molar-refractivity contribution in [3.05, 3.63) is 54.1 Å². The first-order valence-corrected chi connectivity index (χ1v) is 6.97. The fourth-order valence-electron chi connectivity index (χ4n) is 1.39. The molecule has 0 radical (unpaired) electrons. The predicted octanol–water partition coefficient (Wildman–Crippen LogP) is 4.68. The van der Waals surface area contributed by atoms with E-state index in [-0.39, 0.29) is 5.69 Å². The Bertz CT molecular complexity index is 588. The molecular weight excluding hydrogens is 340 g/mol. The van der Waals surface area contributed by atoms with E-state index in [0.717, 1.165) is 13.7 Å². The van der Waals surface area contributed by atoms with Gasteiger partial charge in [-0.05, 0) is 34.1 Å². The van der Waals surface area contributed by atoms with Crippen molar-refractivity contribution in [2.45, 2.75) is 6.54 Å². The van der Waals surface area contributed by atoms with Crippen molar-refractivity contribution in [2.24, 2.45) is 0 Å². The van der Waals surface area contributed by atoms with E-state index in [1.165, 1.54) is 23.5 Å². The summed E-state index contributed by atoms with van der Waals surface area (Å²) in [6.45, 7) is 0.581. The SMILES string of the molecule is O=[N+]([O-])c1ccc(Br)c(NCc2ccc(Cl)s2)c1. The predicted molar refractivity (Wildman–Crippen MR) is 77.5 cm³/mol. The number of rotatable bonds is 4. The van der Waals surface area contributed by atoms with E-state index >= 15 is 0 Å². The molecule has 0 saturated carbocycles. The normalized spacial score (nSPS) is 10.3. The Morgan fingerprint density at radius 2 is 2.17 bits per heavy atom. The molecular formula is C11H8BrClN2O2S. The number of halogens is 2. The highest BCUT2D eigenvalue weighted by Crippen LogP contribution is 2.28. The highest BCUT2D eigenvalue weighted by Gasteiger charge is 2.09. The van der Waals surface area contributed by atoms with E-state index in [1.807, 2.05) is 12.1 Å². The summed E-state index contributed by atoms with van der Waals surface area (Å²) in [5.41, 5.74) is 0.749. The largest absolute Gasteiger partial charge is 0.379 e. The van der Waals surface area contributed by atoms with Crippen molar-refractivity contribution < 1.29 is 4.92 Å². The Morgan fingerprint density at radius 1 is 1.39 bits per heavy atom. The molecule has 0 amide bonds. The Kier molecular flexibility index (Phi) is 4.21. The summed E-state index contributed by atoms with van der Waals surface area (Å²) in [7, 11) is 0. The monoisotopic (exact) mass is 346 g/mol. The Labute approximate surface area is 121 Å². The minimum absolute atomic E-state index is 0.0601. The van der Waals surface area contributed by atoms with Gasteiger partial charge in [-0.15, -0.1) is 11.3 Å². The molecule has 0 spiro atoms. The van der Waals surface area contributed by atoms with Gasteiger partial charge in [-0.3, -0.25) is 10.1 Å². The molecule has 0 unspecified atom stereocenters. The molecule has 0 saturated heterocycles. The summed E-state index contributed by atoms with van der Waals surface area (Å²) in [6.07, 6.45) is 0. The van der Waals surface area contributed by atoms with Gasteiger partial charge in [-0.25, -0.2) is 0 Å². The Balaban J connectivity index is 2.13. The van der Waals surface area contributed by atoms with Gasteiger partial charge in [0.2, 0.25) is 0 Å². The van der Waals surface area contributed by atoms with Crippen molar-refractivity contribution in [3.63, 3.8) is 0 Å². The van der Waals surface area contributed by atoms with Crippen LogP contribution in [0.5, 0.6) is 0 Å². The van der Waals surface area contributed by atoms with E-state index in [1.54, 1.807) is 6.07 Å². The second-order valence-electron chi connectivity index (χ2n) is 3.48. The molecule has 0 aliphatic heterocycles. The molecule has 2 aromatic rings. The van der Waals surface area contributed by atoms with Gasteiger partial charge in [0.15, 0.2) is 0 Å². The van der Waals surface area contributed by atoms with Gasteiger partial charge >= 0.3 is 0 Å². The fourth-order valence-corrected chi connectivity index (χ4v) is 2.81. The molecule has 1 N–H and O–H groups in total. The lowest BCUT2D eigenvalue weighted by Gasteiger charge is -2.06. The van der Waals surface area contributed by atoms with E-state index in [0.29, 0.717) is 12.2 Å². The van der Waals surface area contributed by atoms with E-state index in [2.05, 4.69) is 21.2 Å². The number of hydrogen-bond donors (Lipinski definition) is 1. The molecule has 1 heterocycles. The zero-order valence-corrected chi connectivity index (χ0v) is 12.2. The second kappa shape index (κ2) is 5.69. The Hall–Kier alpha value is -1.11. The van der Waals surface area contributed by atoms with Gasteiger partial charge in [0, 0.05) is 28.0 Å². The van der Waals surface area contributed by atoms with Crippen LogP contribution in [0, 0.1) is 10.1 Å². The third-order valence-electron chi connectivity index (χ3n) is 2.24. The van der Waals surface area contributed by atoms with Crippen LogP contribution in [0.1, 0.15) is 4.88 Å². The van der Waals surface area contributed by atoms with Crippen LogP contribution in [0.3, 0.4) is 0 Å². The standard InChI is InChI=1S/C11H8BrClN2O2S/c12-9-3-1-7(15(16)17)5-10(9)14-6-8-2-4-11(13)18-8/h1-5,14H,6H2. The number of benzene rings is 1. The van der Waals surface area contributed by atoms with Gasteiger partial charge in [0.1, 0.15) is 0 Å². The molecule has 18 heavy (non-hydrogen) atoms. The van der Waals surface area contributed by atoms with E-state index in [9.17, 15) is 10.1 Å². The first-order valence-electron chi connectivity index (χ1n) is 4.98. The molecule has 7 heteroatoms. The van der Waals surface area contributed by atoms with Crippen molar-refractivity contribution in [3.8, 4) is 0 Å². The van der Waals surface area contributed by atoms with Crippen molar-refractivity contribution in [1.29, 1.82) is 0 Å². The molecule has 0 aliphatic carbocycles. The highest BCUT2D eigenvalue weighted by molar-refractivity contribution is 9.10. The van der Waals surface area contributed by atoms with Crippen LogP contribution in [0.15, 0.2) is 34.8 Å². The fraction of sp³-hybridized carbons (Fsp3) is 0.0909. The lowest BCUT2D eigenvalue weighted by Crippen LogP contribution is -1.99. The van der Waals surface area contributed by atoms with Gasteiger partial charge < -0.3 is 5.32 Å². The lowest BCUT2D eigenvalue weighted by molar-refractivity contribution is -0.384. The van der Waals surface area contributed by atoms with Gasteiger partial charge in [0.05, 0.1) is 14.9 Å². The van der Waals surface area contributed by atoms with Crippen molar-refractivity contribution in [1.82, 2.24) is 0 Å². The van der Waals surface area contributed by atoms with Crippen LogP contribution in [-0.2, 0) is 6.54 Å². The van der Waals surface area contributed by atoms with Gasteiger partial charge in [-0.1, -0.05) is 11.6 Å². The van der Waals surface area contributed by atoms with Crippen LogP contribution in [0.2, 0.25) is 4.34 Å². The highest BCUT2D eigenvalue weighted by atomic mass is 79.9. The third-order valence-corrected chi connectivity index (χ3v) is 4.17. The minimum Gasteiger partial charge on any atom is -0.379 e. The van der Waals surface area contributed by atoms with Crippen LogP contribution >= 0.6 is 38.9 Å². The zero-order chi connectivity index (χ0) is 13.1. The molecule has 1 aromatic heterocycles. The first-order chi connectivity index (χ1) is 8.56. The number of non-ortho nitro benzene ring substituents is 1. The average molecular weight is 348 g/mol. The average Bonchev–Trinajstić information content (AvgIpc) is 2.74. The molecule has 0 bridgehead atoms. The molecule has 0 aliphatic rings. The molecule has 4 nitrogen and oxygen atoms in total. The summed E-state index contributed by atoms with van der Waals surface area (Å²) in [4.78, 5) is 11.3. The van der Waals surface area contributed by atoms with E-state index < -0.39 is 4.92 Å². The van der Waals surface area contributed by atoms with Crippen LogP contribution in [0.4, 0.5) is 11.4 Å². The number of nitrogens with zero attached hydrogens (tertiary/aromatic N) is 1. The van der Waals surface area contributed by atoms with Crippen LogP contribution < -0.4 is 5.32 Å². The molecule has 94 valence electrons. The van der Waals surface area contributed by atoms with Crippen LogP contribution in [-0.4, -0.2) is 4.92 Å². The summed E-state index contributed by atoms with van der Waals surface area (Å²) in [6, 6.07) is 8.36. The summed E-state index contributed by atoms with van der Waals surface area (Å²) in [5.74, 6) is 0. The molecule has 1 aromatic carbocycles. The van der Waals surface area contributed by atoms with E-state index in [4.69, 9.17) is 11.6 Å². The maximum Gasteiger partial charge on any atom is 0.271 e. The molecule has 2 rings (SSSR count). The quantitative estimate of drug-likeness (QED) is 0.645. The number of nitro groups is 1. The van der Waals surface area contributed by atoms with Crippen molar-refractivity contribution >= 4 is 50.2 Å². The zero-order valence-electron chi connectivity index (χ0n) is 9.02. The summed E-state index contributed by atoms with van der Waals surface area (Å²) in [5, 5.41) is 13.8. The summed E-state index contributed by atoms with van der Waals surface area (Å²) >= 11 is 10.7. The first kappa shape index (κ1) is 13.3. The van der Waals surface area contributed by atoms with Gasteiger partial charge in [0.25, 0.3) is 5.69 Å². The summed E-state index contributed by atoms with van der Waals surface area (Å²) < 4.78 is 1.51. The van der Waals surface area contributed by atoms with Gasteiger partial charge in [-0.2, -0.15) is 0 Å². The number of thiophene rings is 1. The molecule has 0 fully saturated rings. The minimum atomic E-state index is -0.417. The third kappa shape index (κ3) is 3.22. The van der Waals surface area contributed by atoms with Crippen molar-refractivity contribution in [2.75, 3.05) is 5.32 Å². The maximum absolute atomic E-state index is 10.7. The maximum atomic E-state index is 10.7. The number of nitrogens with one attached hydrogen (secondary N) is 1. The number of nitro benzene ring substituents is 1. The second-order valence-corrected chi connectivity index (χ2v) is 6.13. The topological polar surface area (TPSA) is 55.2 Å². The molecule has 0 atom stereocenters. The number of anilines is 1. The Morgan fingerprint density at radius 3 is 2.78 bits per heavy atom. The van der Waals surface area contributed by atoms with Crippen LogP contribution in [0.25, 0.3) is 0 Å². The number of hydrogen-bond acceptors (Lipinski definition) is 4. The lowest BCUT2D eigenvalue weighted by atomic mass is 10.3.